The van der Waals surface area contributed by atoms with Crippen molar-refractivity contribution in [1.29, 1.82) is 0 Å². The third-order valence-corrected chi connectivity index (χ3v) is 1.43. The van der Waals surface area contributed by atoms with Crippen LogP contribution in [0.15, 0.2) is 0 Å². The largest absolute Gasteiger partial charge is 0.336 e. The highest BCUT2D eigenvalue weighted by Gasteiger charge is 2.23. The number of carbonyl (C=O) groups is 1. The molecule has 0 rings (SSSR count). The lowest BCUT2D eigenvalue weighted by Gasteiger charge is -2.24. The van der Waals surface area contributed by atoms with Crippen molar-refractivity contribution in [3.63, 3.8) is 0 Å². The fourth-order valence-corrected chi connectivity index (χ4v) is 0.901. The molecule has 66 valence electrons. The van der Waals surface area contributed by atoms with Crippen LogP contribution in [0.4, 0.5) is 8.78 Å². The first kappa shape index (κ1) is 10.3. The highest BCUT2D eigenvalue weighted by atomic mass is 19.3. The maximum absolute atomic E-state index is 11.8. The van der Waals surface area contributed by atoms with Crippen molar-refractivity contribution in [3.8, 4) is 0 Å². The molecule has 0 aliphatic rings. The van der Waals surface area contributed by atoms with Crippen LogP contribution in [-0.2, 0) is 4.79 Å². The molecular weight excluding hydrogens is 152 g/mol. The fourth-order valence-electron chi connectivity index (χ4n) is 0.901. The van der Waals surface area contributed by atoms with Gasteiger partial charge in [0.2, 0.25) is 0 Å². The molecule has 4 heteroatoms. The summed E-state index contributed by atoms with van der Waals surface area (Å²) in [5, 5.41) is 0. The topological polar surface area (TPSA) is 20.3 Å². The fraction of sp³-hybridized carbons (Fsp3) is 0.857. The molecule has 1 amide bonds. The van der Waals surface area contributed by atoms with Gasteiger partial charge in [-0.1, -0.05) is 0 Å². The molecule has 0 saturated carbocycles. The van der Waals surface area contributed by atoms with Crippen LogP contribution in [0, 0.1) is 0 Å². The molecule has 0 saturated heterocycles. The molecule has 0 bridgehead atoms. The van der Waals surface area contributed by atoms with Crippen LogP contribution in [-0.4, -0.2) is 29.8 Å². The molecular formula is C7H13F2NO. The van der Waals surface area contributed by atoms with Gasteiger partial charge in [-0.25, -0.2) is 0 Å². The van der Waals surface area contributed by atoms with Crippen molar-refractivity contribution in [1.82, 2.24) is 4.90 Å². The molecule has 0 aromatic carbocycles. The Kier molecular flexibility index (Phi) is 4.00. The Hall–Kier alpha value is -0.670. The lowest BCUT2D eigenvalue weighted by Crippen LogP contribution is -2.40. The number of hydrogen-bond donors (Lipinski definition) is 0. The highest BCUT2D eigenvalue weighted by molar-refractivity contribution is 5.79. The molecule has 0 unspecified atom stereocenters. The van der Waals surface area contributed by atoms with Crippen molar-refractivity contribution in [2.24, 2.45) is 0 Å². The Morgan fingerprint density at radius 1 is 1.45 bits per heavy atom. The third kappa shape index (κ3) is 2.82. The van der Waals surface area contributed by atoms with Crippen LogP contribution in [0.25, 0.3) is 0 Å². The van der Waals surface area contributed by atoms with Crippen molar-refractivity contribution >= 4 is 5.91 Å². The van der Waals surface area contributed by atoms with Gasteiger partial charge in [0.15, 0.2) is 0 Å². The number of alkyl halides is 2. The van der Waals surface area contributed by atoms with Crippen molar-refractivity contribution < 1.29 is 13.6 Å². The van der Waals surface area contributed by atoms with E-state index in [1.807, 2.05) is 0 Å². The molecule has 0 aromatic rings. The Morgan fingerprint density at radius 2 is 1.91 bits per heavy atom. The Balaban J connectivity index is 4.15. The first-order valence-electron chi connectivity index (χ1n) is 3.59. The smallest absolute Gasteiger partial charge is 0.315 e. The molecule has 0 aromatic heterocycles. The summed E-state index contributed by atoms with van der Waals surface area (Å²) >= 11 is 0. The van der Waals surface area contributed by atoms with E-state index < -0.39 is 12.3 Å². The second-order valence-electron chi connectivity index (χ2n) is 2.52. The van der Waals surface area contributed by atoms with Gasteiger partial charge in [0.25, 0.3) is 5.91 Å². The van der Waals surface area contributed by atoms with Gasteiger partial charge < -0.3 is 4.90 Å². The molecule has 0 atom stereocenters. The van der Waals surface area contributed by atoms with E-state index in [4.69, 9.17) is 0 Å². The van der Waals surface area contributed by atoms with Crippen LogP contribution < -0.4 is 0 Å². The standard InChI is InChI=1S/C7H13F2NO/c1-4-10(5(2)3)7(11)6(8)9/h5-6H,4H2,1-3H3. The van der Waals surface area contributed by atoms with E-state index in [9.17, 15) is 13.6 Å². The number of halogens is 2. The summed E-state index contributed by atoms with van der Waals surface area (Å²) < 4.78 is 23.7. The highest BCUT2D eigenvalue weighted by Crippen LogP contribution is 2.04. The molecule has 2 nitrogen and oxygen atoms in total. The quantitative estimate of drug-likeness (QED) is 0.620. The van der Waals surface area contributed by atoms with Gasteiger partial charge >= 0.3 is 6.43 Å². The van der Waals surface area contributed by atoms with E-state index in [0.29, 0.717) is 6.54 Å². The minimum atomic E-state index is -2.88. The summed E-state index contributed by atoms with van der Waals surface area (Å²) in [5.74, 6) is -1.08. The average molecular weight is 165 g/mol. The zero-order valence-corrected chi connectivity index (χ0v) is 6.97. The molecule has 0 spiro atoms. The molecule has 0 aliphatic heterocycles. The van der Waals surface area contributed by atoms with Crippen LogP contribution >= 0.6 is 0 Å². The average Bonchev–Trinajstić information content (AvgIpc) is 1.88. The maximum Gasteiger partial charge on any atom is 0.315 e. The first-order valence-corrected chi connectivity index (χ1v) is 3.59. The number of amides is 1. The van der Waals surface area contributed by atoms with Gasteiger partial charge in [0.05, 0.1) is 0 Å². The third-order valence-electron chi connectivity index (χ3n) is 1.43. The molecule has 0 radical (unpaired) electrons. The Labute approximate surface area is 65.2 Å². The molecule has 0 fully saturated rings. The predicted octanol–water partition coefficient (Wildman–Crippen LogP) is 1.51. The van der Waals surface area contributed by atoms with E-state index in [1.54, 1.807) is 20.8 Å². The minimum Gasteiger partial charge on any atom is -0.336 e. The summed E-state index contributed by atoms with van der Waals surface area (Å²) in [7, 11) is 0. The molecule has 11 heavy (non-hydrogen) atoms. The number of rotatable bonds is 3. The summed E-state index contributed by atoms with van der Waals surface area (Å²) in [6.07, 6.45) is -2.88. The Morgan fingerprint density at radius 3 is 2.00 bits per heavy atom. The summed E-state index contributed by atoms with van der Waals surface area (Å²) in [4.78, 5) is 11.8. The van der Waals surface area contributed by atoms with Crippen LogP contribution in [0.5, 0.6) is 0 Å². The molecule has 0 N–H and O–H groups in total. The first-order chi connectivity index (χ1) is 5.00. The van der Waals surface area contributed by atoms with E-state index in [0.717, 1.165) is 4.90 Å². The second kappa shape index (κ2) is 4.26. The van der Waals surface area contributed by atoms with Crippen molar-refractivity contribution in [3.05, 3.63) is 0 Å². The van der Waals surface area contributed by atoms with Gasteiger partial charge in [-0.2, -0.15) is 8.78 Å². The zero-order chi connectivity index (χ0) is 9.02. The van der Waals surface area contributed by atoms with Gasteiger partial charge in [-0.05, 0) is 20.8 Å². The summed E-state index contributed by atoms with van der Waals surface area (Å²) in [6, 6.07) is -0.151. The number of hydrogen-bond acceptors (Lipinski definition) is 1. The zero-order valence-electron chi connectivity index (χ0n) is 6.97. The van der Waals surface area contributed by atoms with Gasteiger partial charge in [-0.15, -0.1) is 0 Å². The number of carbonyl (C=O) groups excluding carboxylic acids is 1. The van der Waals surface area contributed by atoms with Crippen molar-refractivity contribution in [2.45, 2.75) is 33.2 Å². The monoisotopic (exact) mass is 165 g/mol. The SMILES string of the molecule is CCN(C(=O)C(F)F)C(C)C. The number of nitrogens with zero attached hydrogens (tertiary/aromatic N) is 1. The van der Waals surface area contributed by atoms with Crippen molar-refractivity contribution in [2.75, 3.05) is 6.54 Å². The lowest BCUT2D eigenvalue weighted by molar-refractivity contribution is -0.144. The van der Waals surface area contributed by atoms with Gasteiger partial charge in [-0.3, -0.25) is 4.79 Å². The molecule has 0 heterocycles. The molecule has 0 aliphatic carbocycles. The van der Waals surface area contributed by atoms with Crippen LogP contribution in [0.3, 0.4) is 0 Å². The van der Waals surface area contributed by atoms with E-state index in [2.05, 4.69) is 0 Å². The normalized spacial score (nSPS) is 10.8. The van der Waals surface area contributed by atoms with Crippen LogP contribution in [0.2, 0.25) is 0 Å². The minimum absolute atomic E-state index is 0.151. The predicted molar refractivity (Wildman–Crippen MR) is 38.5 cm³/mol. The summed E-state index contributed by atoms with van der Waals surface area (Å²) in [6.45, 7) is 5.44. The van der Waals surface area contributed by atoms with E-state index >= 15 is 0 Å². The van der Waals surface area contributed by atoms with Gasteiger partial charge in [0, 0.05) is 12.6 Å². The van der Waals surface area contributed by atoms with Gasteiger partial charge in [0.1, 0.15) is 0 Å². The summed E-state index contributed by atoms with van der Waals surface area (Å²) in [5.41, 5.74) is 0. The van der Waals surface area contributed by atoms with Crippen LogP contribution in [0.1, 0.15) is 20.8 Å². The lowest BCUT2D eigenvalue weighted by atomic mass is 10.3. The Bertz CT molecular complexity index is 136. The second-order valence-corrected chi connectivity index (χ2v) is 2.52. The van der Waals surface area contributed by atoms with E-state index in [-0.39, 0.29) is 6.04 Å². The van der Waals surface area contributed by atoms with E-state index in [1.165, 1.54) is 0 Å². The maximum atomic E-state index is 11.8.